The van der Waals surface area contributed by atoms with Gasteiger partial charge in [0.2, 0.25) is 0 Å². The Morgan fingerprint density at radius 2 is 1.70 bits per heavy atom. The van der Waals surface area contributed by atoms with Crippen LogP contribution in [0.25, 0.3) is 0 Å². The van der Waals surface area contributed by atoms with E-state index in [0.717, 1.165) is 6.26 Å². The zero-order chi connectivity index (χ0) is 17.0. The molecule has 0 aliphatic carbocycles. The van der Waals surface area contributed by atoms with Gasteiger partial charge in [0.15, 0.2) is 9.84 Å². The highest BCUT2D eigenvalue weighted by Gasteiger charge is 2.15. The highest BCUT2D eigenvalue weighted by Crippen LogP contribution is 2.29. The molecule has 0 bridgehead atoms. The molecule has 23 heavy (non-hydrogen) atoms. The van der Waals surface area contributed by atoms with E-state index in [9.17, 15) is 22.0 Å². The molecule has 0 unspecified atom stereocenters. The number of rotatable bonds is 5. The van der Waals surface area contributed by atoms with Crippen LogP contribution < -0.4 is 5.32 Å². The van der Waals surface area contributed by atoms with Crippen molar-refractivity contribution in [2.75, 3.05) is 11.6 Å². The topological polar surface area (TPSA) is 63.2 Å². The number of alkyl halides is 2. The summed E-state index contributed by atoms with van der Waals surface area (Å²) in [5, 5.41) is 2.56. The zero-order valence-electron chi connectivity index (χ0n) is 12.0. The normalized spacial score (nSPS) is 11.5. The standard InChI is InChI=1S/C15H13F2NO3S2/c1-23(20,21)11-8-6-10(7-9-11)18-14(19)12-4-2-3-5-13(12)22-15(16)17/h2-9,15H,1H3,(H,18,19). The molecule has 0 aromatic heterocycles. The lowest BCUT2D eigenvalue weighted by molar-refractivity contribution is 0.102. The second kappa shape index (κ2) is 7.10. The van der Waals surface area contributed by atoms with Crippen LogP contribution in [-0.4, -0.2) is 26.3 Å². The average molecular weight is 357 g/mol. The number of thioether (sulfide) groups is 1. The van der Waals surface area contributed by atoms with Crippen molar-refractivity contribution in [3.63, 3.8) is 0 Å². The van der Waals surface area contributed by atoms with E-state index in [0.29, 0.717) is 17.4 Å². The Morgan fingerprint density at radius 3 is 2.26 bits per heavy atom. The molecule has 0 spiro atoms. The van der Waals surface area contributed by atoms with E-state index >= 15 is 0 Å². The van der Waals surface area contributed by atoms with Crippen LogP contribution in [0.1, 0.15) is 10.4 Å². The second-order valence-electron chi connectivity index (χ2n) is 4.63. The molecule has 0 aliphatic rings. The fraction of sp³-hybridized carbons (Fsp3) is 0.133. The molecule has 122 valence electrons. The third-order valence-electron chi connectivity index (χ3n) is 2.89. The molecular formula is C15H13F2NO3S2. The van der Waals surface area contributed by atoms with Gasteiger partial charge in [-0.2, -0.15) is 8.78 Å². The minimum absolute atomic E-state index is 0.129. The highest BCUT2D eigenvalue weighted by molar-refractivity contribution is 7.99. The predicted molar refractivity (Wildman–Crippen MR) is 85.8 cm³/mol. The van der Waals surface area contributed by atoms with Crippen molar-refractivity contribution in [2.24, 2.45) is 0 Å². The Labute approximate surface area is 136 Å². The van der Waals surface area contributed by atoms with E-state index < -0.39 is 21.5 Å². The van der Waals surface area contributed by atoms with Crippen LogP contribution in [0.5, 0.6) is 0 Å². The van der Waals surface area contributed by atoms with Crippen molar-refractivity contribution in [2.45, 2.75) is 15.5 Å². The van der Waals surface area contributed by atoms with Gasteiger partial charge in [0.25, 0.3) is 11.7 Å². The Kier molecular flexibility index (Phi) is 5.38. The third-order valence-corrected chi connectivity index (χ3v) is 4.80. The fourth-order valence-electron chi connectivity index (χ4n) is 1.84. The molecule has 0 atom stereocenters. The zero-order valence-corrected chi connectivity index (χ0v) is 13.6. The van der Waals surface area contributed by atoms with Gasteiger partial charge < -0.3 is 5.32 Å². The summed E-state index contributed by atoms with van der Waals surface area (Å²) in [5.74, 6) is -3.17. The first-order chi connectivity index (χ1) is 10.8. The first-order valence-electron chi connectivity index (χ1n) is 6.42. The maximum absolute atomic E-state index is 12.5. The van der Waals surface area contributed by atoms with Crippen molar-refractivity contribution in [1.29, 1.82) is 0 Å². The van der Waals surface area contributed by atoms with Crippen LogP contribution in [0.15, 0.2) is 58.3 Å². The molecule has 1 N–H and O–H groups in total. The monoisotopic (exact) mass is 357 g/mol. The van der Waals surface area contributed by atoms with Gasteiger partial charge >= 0.3 is 0 Å². The maximum Gasteiger partial charge on any atom is 0.288 e. The smallest absolute Gasteiger partial charge is 0.288 e. The third kappa shape index (κ3) is 4.77. The number of carbonyl (C=O) groups excluding carboxylic acids is 1. The lowest BCUT2D eigenvalue weighted by Gasteiger charge is -2.10. The summed E-state index contributed by atoms with van der Waals surface area (Å²) in [4.78, 5) is 12.5. The number of sulfone groups is 1. The lowest BCUT2D eigenvalue weighted by atomic mass is 10.2. The van der Waals surface area contributed by atoms with Crippen LogP contribution in [-0.2, 0) is 9.84 Å². The predicted octanol–water partition coefficient (Wildman–Crippen LogP) is 3.66. The average Bonchev–Trinajstić information content (AvgIpc) is 2.46. The summed E-state index contributed by atoms with van der Waals surface area (Å²) < 4.78 is 47.8. The molecule has 0 saturated carbocycles. The Morgan fingerprint density at radius 1 is 1.09 bits per heavy atom. The van der Waals surface area contributed by atoms with Crippen LogP contribution in [0.2, 0.25) is 0 Å². The van der Waals surface area contributed by atoms with Crippen molar-refractivity contribution < 1.29 is 22.0 Å². The molecular weight excluding hydrogens is 344 g/mol. The molecule has 4 nitrogen and oxygen atoms in total. The van der Waals surface area contributed by atoms with E-state index in [4.69, 9.17) is 0 Å². The number of benzene rings is 2. The number of hydrogen-bond acceptors (Lipinski definition) is 4. The van der Waals surface area contributed by atoms with Crippen molar-refractivity contribution in [3.8, 4) is 0 Å². The molecule has 8 heteroatoms. The molecule has 2 rings (SSSR count). The minimum Gasteiger partial charge on any atom is -0.322 e. The van der Waals surface area contributed by atoms with E-state index in [1.165, 1.54) is 36.4 Å². The molecule has 1 amide bonds. The Hall–Kier alpha value is -1.93. The van der Waals surface area contributed by atoms with Gasteiger partial charge in [0.05, 0.1) is 10.5 Å². The summed E-state index contributed by atoms with van der Waals surface area (Å²) in [7, 11) is -3.32. The van der Waals surface area contributed by atoms with Gasteiger partial charge in [-0.3, -0.25) is 4.79 Å². The largest absolute Gasteiger partial charge is 0.322 e. The molecule has 0 aliphatic heterocycles. The molecule has 0 saturated heterocycles. The molecule has 2 aromatic rings. The first kappa shape index (κ1) is 17.4. The number of carbonyl (C=O) groups is 1. The summed E-state index contributed by atoms with van der Waals surface area (Å²) in [5.41, 5.74) is 0.504. The van der Waals surface area contributed by atoms with E-state index in [1.54, 1.807) is 12.1 Å². The Balaban J connectivity index is 2.20. The Bertz CT molecular complexity index is 806. The van der Waals surface area contributed by atoms with E-state index in [1.807, 2.05) is 0 Å². The molecule has 2 aromatic carbocycles. The number of anilines is 1. The molecule has 0 radical (unpaired) electrons. The summed E-state index contributed by atoms with van der Waals surface area (Å²) in [6.45, 7) is 0. The highest BCUT2D eigenvalue weighted by atomic mass is 32.2. The fourth-order valence-corrected chi connectivity index (χ4v) is 3.10. The van der Waals surface area contributed by atoms with Crippen LogP contribution in [0.4, 0.5) is 14.5 Å². The SMILES string of the molecule is CS(=O)(=O)c1ccc(NC(=O)c2ccccc2SC(F)F)cc1. The first-order valence-corrected chi connectivity index (χ1v) is 9.20. The van der Waals surface area contributed by atoms with Gasteiger partial charge in [0, 0.05) is 16.8 Å². The van der Waals surface area contributed by atoms with Crippen LogP contribution >= 0.6 is 11.8 Å². The van der Waals surface area contributed by atoms with Gasteiger partial charge in [-0.1, -0.05) is 23.9 Å². The lowest BCUT2D eigenvalue weighted by Crippen LogP contribution is -2.13. The number of hydrogen-bond donors (Lipinski definition) is 1. The quantitative estimate of drug-likeness (QED) is 0.830. The second-order valence-corrected chi connectivity index (χ2v) is 7.67. The van der Waals surface area contributed by atoms with Crippen molar-refractivity contribution in [3.05, 3.63) is 54.1 Å². The van der Waals surface area contributed by atoms with E-state index in [2.05, 4.69) is 5.32 Å². The van der Waals surface area contributed by atoms with E-state index in [-0.39, 0.29) is 15.4 Å². The molecule has 0 fully saturated rings. The van der Waals surface area contributed by atoms with Gasteiger partial charge in [0.1, 0.15) is 0 Å². The van der Waals surface area contributed by atoms with Gasteiger partial charge in [-0.05, 0) is 36.4 Å². The summed E-state index contributed by atoms with van der Waals surface area (Å²) in [6, 6.07) is 11.7. The van der Waals surface area contributed by atoms with Crippen molar-refractivity contribution >= 4 is 33.2 Å². The van der Waals surface area contributed by atoms with Gasteiger partial charge in [-0.15, -0.1) is 0 Å². The summed E-state index contributed by atoms with van der Waals surface area (Å²) in [6.07, 6.45) is 1.08. The van der Waals surface area contributed by atoms with Gasteiger partial charge in [-0.25, -0.2) is 8.42 Å². The minimum atomic E-state index is -3.32. The number of halogens is 2. The van der Waals surface area contributed by atoms with Crippen LogP contribution in [0.3, 0.4) is 0 Å². The maximum atomic E-state index is 12.5. The number of nitrogens with one attached hydrogen (secondary N) is 1. The van der Waals surface area contributed by atoms with Crippen LogP contribution in [0, 0.1) is 0 Å². The van der Waals surface area contributed by atoms with Crippen molar-refractivity contribution in [1.82, 2.24) is 0 Å². The molecule has 0 heterocycles. The number of amides is 1. The summed E-state index contributed by atoms with van der Waals surface area (Å²) >= 11 is 0.296.